The summed E-state index contributed by atoms with van der Waals surface area (Å²) in [5.74, 6) is -0.536. The second kappa shape index (κ2) is 4.45. The van der Waals surface area contributed by atoms with Gasteiger partial charge in [-0.1, -0.05) is 23.2 Å². The van der Waals surface area contributed by atoms with Gasteiger partial charge in [0, 0.05) is 5.92 Å². The van der Waals surface area contributed by atoms with Crippen LogP contribution in [0.25, 0.3) is 0 Å². The molecule has 2 fully saturated rings. The molecule has 1 heterocycles. The van der Waals surface area contributed by atoms with Crippen molar-refractivity contribution < 1.29 is 12.6 Å². The van der Waals surface area contributed by atoms with Crippen LogP contribution in [0.4, 0.5) is 0 Å². The van der Waals surface area contributed by atoms with Crippen molar-refractivity contribution in [2.45, 2.75) is 24.8 Å². The molecule has 2 bridgehead atoms. The van der Waals surface area contributed by atoms with Crippen molar-refractivity contribution >= 4 is 81.0 Å². The van der Waals surface area contributed by atoms with E-state index in [0.29, 0.717) is 5.57 Å². The van der Waals surface area contributed by atoms with Crippen LogP contribution >= 0.6 is 69.6 Å². The Hall–Kier alpha value is 1.39. The lowest BCUT2D eigenvalue weighted by Gasteiger charge is -2.36. The zero-order valence-electron chi connectivity index (χ0n) is 8.92. The van der Waals surface area contributed by atoms with E-state index in [1.807, 2.05) is 0 Å². The largest absolute Gasteiger partial charge is 0.388 e. The van der Waals surface area contributed by atoms with Crippen LogP contribution in [0.15, 0.2) is 11.8 Å². The fraction of sp³-hybridized carbons (Fsp3) is 0.778. The molecular formula is C9H6Cl6O3S. The van der Waals surface area contributed by atoms with E-state index < -0.39 is 42.1 Å². The maximum Gasteiger partial charge on any atom is 0.359 e. The molecule has 0 amide bonds. The third kappa shape index (κ3) is 1.56. The van der Waals surface area contributed by atoms with Crippen molar-refractivity contribution in [1.29, 1.82) is 0 Å². The van der Waals surface area contributed by atoms with Gasteiger partial charge in [0.25, 0.3) is 0 Å². The molecule has 0 aromatic rings. The van der Waals surface area contributed by atoms with E-state index in [9.17, 15) is 4.21 Å². The van der Waals surface area contributed by atoms with E-state index in [-0.39, 0.29) is 6.61 Å². The maximum atomic E-state index is 11.3. The minimum absolute atomic E-state index is 0.0234. The summed E-state index contributed by atoms with van der Waals surface area (Å²) < 4.78 is 19.6. The fourth-order valence-corrected chi connectivity index (χ4v) is 6.64. The molecule has 3 nitrogen and oxygen atoms in total. The van der Waals surface area contributed by atoms with Gasteiger partial charge in [-0.25, -0.2) is 0 Å². The van der Waals surface area contributed by atoms with Gasteiger partial charge in [0.05, 0.1) is 17.4 Å². The molecule has 0 saturated heterocycles. The van der Waals surface area contributed by atoms with Gasteiger partial charge < -0.3 is 4.18 Å². The normalized spacial score (nSPS) is 55.2. The summed E-state index contributed by atoms with van der Waals surface area (Å²) in [6, 6.07) is 0. The zero-order chi connectivity index (χ0) is 14.2. The van der Waals surface area contributed by atoms with Crippen LogP contribution in [0.5, 0.6) is 0 Å². The lowest BCUT2D eigenvalue weighted by atomic mass is 9.84. The molecule has 0 aromatic heterocycles. The van der Waals surface area contributed by atoms with Gasteiger partial charge in [0.1, 0.15) is 16.0 Å². The van der Waals surface area contributed by atoms with E-state index >= 15 is 0 Å². The van der Waals surface area contributed by atoms with Gasteiger partial charge in [-0.3, -0.25) is 4.18 Å². The molecule has 1 aliphatic heterocycles. The second-order valence-electron chi connectivity index (χ2n) is 4.57. The molecule has 3 rings (SSSR count). The van der Waals surface area contributed by atoms with Crippen molar-refractivity contribution in [1.82, 2.24) is 0 Å². The van der Waals surface area contributed by atoms with Crippen LogP contribution in [0.1, 0.15) is 0 Å². The molecule has 0 spiro atoms. The van der Waals surface area contributed by atoms with Gasteiger partial charge in [0.15, 0.2) is 4.33 Å². The number of hydrogen-bond donors (Lipinski definition) is 0. The molecule has 0 radical (unpaired) electrons. The number of halogens is 6. The summed E-state index contributed by atoms with van der Waals surface area (Å²) in [5.41, 5.74) is 0.455. The fourth-order valence-electron chi connectivity index (χ4n) is 2.89. The van der Waals surface area contributed by atoms with Gasteiger partial charge in [-0.05, 0) is 5.57 Å². The van der Waals surface area contributed by atoms with Crippen molar-refractivity contribution in [2.24, 2.45) is 5.92 Å². The van der Waals surface area contributed by atoms with Gasteiger partial charge in [0.2, 0.25) is 0 Å². The minimum Gasteiger partial charge on any atom is -0.388 e. The highest BCUT2D eigenvalue weighted by Gasteiger charge is 2.84. The summed E-state index contributed by atoms with van der Waals surface area (Å²) in [6.45, 7) is -0.0234. The quantitative estimate of drug-likeness (QED) is 0.578. The number of fused-ring (bicyclic) bond motifs is 5. The Bertz CT molecular complexity index is 498. The molecule has 3 aliphatic rings. The van der Waals surface area contributed by atoms with Gasteiger partial charge in [-0.15, -0.1) is 46.4 Å². The lowest BCUT2D eigenvalue weighted by molar-refractivity contribution is 0.249. The smallest absolute Gasteiger partial charge is 0.359 e. The van der Waals surface area contributed by atoms with Crippen molar-refractivity contribution in [2.75, 3.05) is 6.61 Å². The highest BCUT2D eigenvalue weighted by atomic mass is 35.5. The van der Waals surface area contributed by atoms with Crippen LogP contribution in [0, 0.1) is 5.92 Å². The monoisotopic (exact) mass is 404 g/mol. The number of hydrogen-bond acceptors (Lipinski definition) is 3. The first-order valence-corrected chi connectivity index (χ1v) is 8.54. The first-order valence-electron chi connectivity index (χ1n) is 5.15. The molecule has 2 saturated carbocycles. The summed E-state index contributed by atoms with van der Waals surface area (Å²) in [6.07, 6.45) is 1.21. The third-order valence-corrected chi connectivity index (χ3v) is 9.10. The first kappa shape index (κ1) is 15.3. The molecule has 10 heteroatoms. The van der Waals surface area contributed by atoms with E-state index in [1.54, 1.807) is 0 Å². The highest BCUT2D eigenvalue weighted by molar-refractivity contribution is 7.75. The Balaban J connectivity index is 2.22. The number of alkyl halides is 6. The summed E-state index contributed by atoms with van der Waals surface area (Å²) in [5, 5.41) is -1.58. The Morgan fingerprint density at radius 3 is 2.47 bits per heavy atom. The van der Waals surface area contributed by atoms with Crippen LogP contribution in [0.3, 0.4) is 0 Å². The van der Waals surface area contributed by atoms with E-state index in [0.717, 1.165) is 0 Å². The van der Waals surface area contributed by atoms with Crippen molar-refractivity contribution in [3.8, 4) is 0 Å². The zero-order valence-corrected chi connectivity index (χ0v) is 14.3. The van der Waals surface area contributed by atoms with E-state index in [4.69, 9.17) is 78.0 Å². The Morgan fingerprint density at radius 1 is 1.21 bits per heavy atom. The summed E-state index contributed by atoms with van der Waals surface area (Å²) in [4.78, 5) is -2.75. The first-order chi connectivity index (χ1) is 8.69. The van der Waals surface area contributed by atoms with Crippen LogP contribution < -0.4 is 0 Å². The molecule has 19 heavy (non-hydrogen) atoms. The van der Waals surface area contributed by atoms with Crippen molar-refractivity contribution in [3.05, 3.63) is 11.8 Å². The van der Waals surface area contributed by atoms with Crippen molar-refractivity contribution in [3.63, 3.8) is 0 Å². The molecule has 108 valence electrons. The predicted octanol–water partition coefficient (Wildman–Crippen LogP) is 3.48. The topological polar surface area (TPSA) is 35.5 Å². The Labute approximate surface area is 142 Å². The predicted molar refractivity (Wildman–Crippen MR) is 77.6 cm³/mol. The van der Waals surface area contributed by atoms with Gasteiger partial charge >= 0.3 is 11.4 Å². The van der Waals surface area contributed by atoms with Crippen LogP contribution in [-0.2, 0) is 19.7 Å². The van der Waals surface area contributed by atoms with Crippen LogP contribution in [-0.4, -0.2) is 35.7 Å². The third-order valence-electron chi connectivity index (χ3n) is 3.86. The summed E-state index contributed by atoms with van der Waals surface area (Å²) >= 11 is 36.5. The lowest BCUT2D eigenvalue weighted by Crippen LogP contribution is -2.48. The molecule has 6 unspecified atom stereocenters. The average molecular weight is 407 g/mol. The molecule has 0 aromatic carbocycles. The molecule has 2 aliphatic carbocycles. The SMILES string of the molecule is O=S1OC=C2C(CO1)C1(Cl)C(Cl)C(Cl)C2(Cl)C1(Cl)Cl. The van der Waals surface area contributed by atoms with Gasteiger partial charge in [-0.2, -0.15) is 4.21 Å². The highest BCUT2D eigenvalue weighted by Crippen LogP contribution is 2.75. The molecule has 6 atom stereocenters. The maximum absolute atomic E-state index is 11.3. The Morgan fingerprint density at radius 2 is 1.84 bits per heavy atom. The standard InChI is InChI=1S/C9H6Cl6O3S/c10-5-6(11)8(13)4-2-18-19(16)17-1-3(4)7(5,12)9(8,14)15/h1,4-6H,2H2. The summed E-state index contributed by atoms with van der Waals surface area (Å²) in [7, 11) is 0. The Kier molecular flexibility index (Phi) is 3.58. The minimum atomic E-state index is -1.92. The molecular weight excluding hydrogens is 401 g/mol. The van der Waals surface area contributed by atoms with E-state index in [1.165, 1.54) is 6.26 Å². The van der Waals surface area contributed by atoms with Crippen LogP contribution in [0.2, 0.25) is 0 Å². The molecule has 0 N–H and O–H groups in total. The second-order valence-corrected chi connectivity index (χ2v) is 8.89. The number of rotatable bonds is 0. The van der Waals surface area contributed by atoms with E-state index in [2.05, 4.69) is 0 Å². The average Bonchev–Trinajstić information content (AvgIpc) is 2.54.